The van der Waals surface area contributed by atoms with E-state index in [1.807, 2.05) is 0 Å². The number of rotatable bonds is 6. The number of ether oxygens (including phenoxy) is 2. The van der Waals surface area contributed by atoms with Crippen LogP contribution in [-0.4, -0.2) is 57.5 Å². The van der Waals surface area contributed by atoms with Gasteiger partial charge in [0.05, 0.1) is 35.3 Å². The third-order valence-corrected chi connectivity index (χ3v) is 6.67. The number of hydrogen-bond acceptors (Lipinski definition) is 6. The summed E-state index contributed by atoms with van der Waals surface area (Å²) in [5.74, 6) is -0.984. The van der Waals surface area contributed by atoms with Gasteiger partial charge in [0.25, 0.3) is 5.91 Å². The Kier molecular flexibility index (Phi) is 7.09. The molecule has 0 spiro atoms. The molecule has 1 N–H and O–H groups in total. The molecule has 2 aromatic carbocycles. The third-order valence-electron chi connectivity index (χ3n) is 4.45. The van der Waals surface area contributed by atoms with Crippen LogP contribution in [0.25, 0.3) is 0 Å². The first-order chi connectivity index (χ1) is 14.3. The van der Waals surface area contributed by atoms with Gasteiger partial charge >= 0.3 is 5.97 Å². The van der Waals surface area contributed by atoms with Crippen LogP contribution < -0.4 is 5.32 Å². The molecule has 1 aliphatic heterocycles. The highest BCUT2D eigenvalue weighted by Crippen LogP contribution is 2.23. The fourth-order valence-electron chi connectivity index (χ4n) is 2.88. The Balaban J connectivity index is 1.70. The monoisotopic (exact) mass is 452 g/mol. The molecule has 160 valence electrons. The smallest absolute Gasteiger partial charge is 0.339 e. The lowest BCUT2D eigenvalue weighted by Crippen LogP contribution is -2.40. The Morgan fingerprint density at radius 3 is 2.40 bits per heavy atom. The zero-order valence-corrected chi connectivity index (χ0v) is 17.8. The second-order valence-corrected chi connectivity index (χ2v) is 8.76. The van der Waals surface area contributed by atoms with E-state index < -0.39 is 21.9 Å². The lowest BCUT2D eigenvalue weighted by Gasteiger charge is -2.26. The summed E-state index contributed by atoms with van der Waals surface area (Å²) < 4.78 is 36.8. The van der Waals surface area contributed by atoms with Crippen LogP contribution in [0.4, 0.5) is 5.69 Å². The number of nitrogens with one attached hydrogen (secondary N) is 1. The minimum Gasteiger partial charge on any atom is -0.462 e. The van der Waals surface area contributed by atoms with E-state index in [2.05, 4.69) is 5.32 Å². The van der Waals surface area contributed by atoms with E-state index >= 15 is 0 Å². The molecule has 8 nitrogen and oxygen atoms in total. The molecule has 0 aromatic heterocycles. The molecule has 0 bridgehead atoms. The first-order valence-corrected chi connectivity index (χ1v) is 11.1. The molecule has 0 atom stereocenters. The predicted molar refractivity (Wildman–Crippen MR) is 111 cm³/mol. The Labute approximate surface area is 179 Å². The molecular formula is C20H21ClN2O6S. The first kappa shape index (κ1) is 22.2. The van der Waals surface area contributed by atoms with Gasteiger partial charge in [0, 0.05) is 24.3 Å². The van der Waals surface area contributed by atoms with Crippen molar-refractivity contribution < 1.29 is 27.5 Å². The van der Waals surface area contributed by atoms with Gasteiger partial charge in [-0.05, 0) is 49.4 Å². The highest BCUT2D eigenvalue weighted by atomic mass is 35.5. The van der Waals surface area contributed by atoms with Crippen LogP contribution in [0.15, 0.2) is 47.4 Å². The van der Waals surface area contributed by atoms with Gasteiger partial charge in [-0.2, -0.15) is 4.31 Å². The van der Waals surface area contributed by atoms with Crippen molar-refractivity contribution in [2.24, 2.45) is 0 Å². The van der Waals surface area contributed by atoms with E-state index in [0.29, 0.717) is 32.0 Å². The lowest BCUT2D eigenvalue weighted by atomic mass is 10.2. The van der Waals surface area contributed by atoms with Crippen molar-refractivity contribution in [2.45, 2.75) is 11.8 Å². The maximum atomic E-state index is 12.6. The van der Waals surface area contributed by atoms with E-state index in [4.69, 9.17) is 21.1 Å². The molecule has 1 aliphatic rings. The van der Waals surface area contributed by atoms with Crippen LogP contribution in [0.1, 0.15) is 27.6 Å². The number of carbonyl (C=O) groups is 2. The number of amides is 1. The van der Waals surface area contributed by atoms with Gasteiger partial charge in [0.15, 0.2) is 0 Å². The minimum absolute atomic E-state index is 0.114. The number of esters is 1. The lowest BCUT2D eigenvalue weighted by molar-refractivity contribution is 0.0526. The molecule has 1 amide bonds. The van der Waals surface area contributed by atoms with Gasteiger partial charge < -0.3 is 14.8 Å². The summed E-state index contributed by atoms with van der Waals surface area (Å²) in [6, 6.07) is 10.1. The van der Waals surface area contributed by atoms with Gasteiger partial charge in [-0.15, -0.1) is 0 Å². The molecule has 1 saturated heterocycles. The van der Waals surface area contributed by atoms with Gasteiger partial charge in [-0.1, -0.05) is 11.6 Å². The van der Waals surface area contributed by atoms with E-state index in [9.17, 15) is 18.0 Å². The number of benzene rings is 2. The molecule has 1 fully saturated rings. The molecule has 30 heavy (non-hydrogen) atoms. The maximum Gasteiger partial charge on any atom is 0.339 e. The summed E-state index contributed by atoms with van der Waals surface area (Å²) in [5, 5.41) is 2.82. The van der Waals surface area contributed by atoms with Crippen molar-refractivity contribution in [2.75, 3.05) is 38.2 Å². The van der Waals surface area contributed by atoms with Crippen LogP contribution in [-0.2, 0) is 19.5 Å². The maximum absolute atomic E-state index is 12.6. The SMILES string of the molecule is CCOC(=O)c1ccc(NC(=O)c2ccc(S(=O)(=O)N3CCOCC3)cc2)cc1Cl. The Morgan fingerprint density at radius 2 is 1.80 bits per heavy atom. The van der Waals surface area contributed by atoms with Crippen molar-refractivity contribution in [1.29, 1.82) is 0 Å². The fourth-order valence-corrected chi connectivity index (χ4v) is 4.55. The van der Waals surface area contributed by atoms with Crippen molar-refractivity contribution in [3.05, 3.63) is 58.6 Å². The number of sulfonamides is 1. The molecule has 0 saturated carbocycles. The van der Waals surface area contributed by atoms with Gasteiger partial charge in [-0.3, -0.25) is 4.79 Å². The van der Waals surface area contributed by atoms with Crippen LogP contribution in [0.3, 0.4) is 0 Å². The molecule has 0 unspecified atom stereocenters. The largest absolute Gasteiger partial charge is 0.462 e. The number of anilines is 1. The number of carbonyl (C=O) groups excluding carboxylic acids is 2. The van der Waals surface area contributed by atoms with Crippen molar-refractivity contribution >= 4 is 39.2 Å². The molecular weight excluding hydrogens is 432 g/mol. The number of morpholine rings is 1. The fraction of sp³-hybridized carbons (Fsp3) is 0.300. The topological polar surface area (TPSA) is 102 Å². The molecule has 0 aliphatic carbocycles. The third kappa shape index (κ3) is 4.99. The van der Waals surface area contributed by atoms with Gasteiger partial charge in [0.2, 0.25) is 10.0 Å². The predicted octanol–water partition coefficient (Wildman–Crippen LogP) is 2.79. The van der Waals surface area contributed by atoms with E-state index in [-0.39, 0.29) is 27.7 Å². The normalized spacial score (nSPS) is 14.9. The number of halogens is 1. The minimum atomic E-state index is -3.63. The second-order valence-electron chi connectivity index (χ2n) is 6.41. The quantitative estimate of drug-likeness (QED) is 0.676. The summed E-state index contributed by atoms with van der Waals surface area (Å²) in [6.45, 7) is 3.23. The first-order valence-electron chi connectivity index (χ1n) is 9.29. The highest BCUT2D eigenvalue weighted by Gasteiger charge is 2.26. The average Bonchev–Trinajstić information content (AvgIpc) is 2.74. The van der Waals surface area contributed by atoms with Crippen LogP contribution in [0.5, 0.6) is 0 Å². The van der Waals surface area contributed by atoms with Crippen molar-refractivity contribution in [3.63, 3.8) is 0 Å². The molecule has 10 heteroatoms. The Morgan fingerprint density at radius 1 is 1.13 bits per heavy atom. The molecule has 0 radical (unpaired) electrons. The molecule has 3 rings (SSSR count). The summed E-state index contributed by atoms with van der Waals surface area (Å²) >= 11 is 6.10. The molecule has 1 heterocycles. The Hall–Kier alpha value is -2.46. The highest BCUT2D eigenvalue weighted by molar-refractivity contribution is 7.89. The standard InChI is InChI=1S/C20H21ClN2O6S/c1-2-29-20(25)17-8-5-15(13-18(17)21)22-19(24)14-3-6-16(7-4-14)30(26,27)23-9-11-28-12-10-23/h3-8,13H,2,9-12H2,1H3,(H,22,24). The van der Waals surface area contributed by atoms with Crippen LogP contribution >= 0.6 is 11.6 Å². The van der Waals surface area contributed by atoms with Crippen LogP contribution in [0, 0.1) is 0 Å². The Bertz CT molecular complexity index is 1030. The summed E-state index contributed by atoms with van der Waals surface area (Å²) in [4.78, 5) is 24.4. The zero-order chi connectivity index (χ0) is 21.7. The number of hydrogen-bond donors (Lipinski definition) is 1. The average molecular weight is 453 g/mol. The van der Waals surface area contributed by atoms with Crippen molar-refractivity contribution in [1.82, 2.24) is 4.31 Å². The number of nitrogens with zero attached hydrogens (tertiary/aromatic N) is 1. The van der Waals surface area contributed by atoms with E-state index in [0.717, 1.165) is 0 Å². The second kappa shape index (κ2) is 9.57. The summed E-state index contributed by atoms with van der Waals surface area (Å²) in [6.07, 6.45) is 0. The van der Waals surface area contributed by atoms with Gasteiger partial charge in [0.1, 0.15) is 0 Å². The zero-order valence-electron chi connectivity index (χ0n) is 16.3. The van der Waals surface area contributed by atoms with E-state index in [1.165, 1.54) is 46.8 Å². The molecule has 2 aromatic rings. The van der Waals surface area contributed by atoms with Gasteiger partial charge in [-0.25, -0.2) is 13.2 Å². The van der Waals surface area contributed by atoms with Crippen LogP contribution in [0.2, 0.25) is 5.02 Å². The summed E-state index contributed by atoms with van der Waals surface area (Å²) in [5.41, 5.74) is 0.874. The van der Waals surface area contributed by atoms with Crippen molar-refractivity contribution in [3.8, 4) is 0 Å². The summed E-state index contributed by atoms with van der Waals surface area (Å²) in [7, 11) is -3.63. The van der Waals surface area contributed by atoms with E-state index in [1.54, 1.807) is 6.92 Å².